The summed E-state index contributed by atoms with van der Waals surface area (Å²) in [5.74, 6) is 0. The van der Waals surface area contributed by atoms with E-state index in [0.29, 0.717) is 5.71 Å². The van der Waals surface area contributed by atoms with Crippen LogP contribution in [-0.4, -0.2) is 11.3 Å². The minimum Gasteiger partial charge on any atom is -0.244 e. The monoisotopic (exact) mass is 193 g/mol. The van der Waals surface area contributed by atoms with Crippen molar-refractivity contribution in [2.45, 2.75) is 5.54 Å². The number of rotatable bonds is 1. The number of aliphatic imine (C=N–C) groups is 1. The number of nitriles is 2. The standard InChI is InChI=1S/C12H7N3/c13-8-12(9-14)7-6-11(15-12)10-4-2-1-3-5-10/h1-7H. The quantitative estimate of drug-likeness (QED) is 0.683. The van der Waals surface area contributed by atoms with E-state index in [0.717, 1.165) is 5.56 Å². The van der Waals surface area contributed by atoms with Gasteiger partial charge in [-0.25, -0.2) is 4.99 Å². The summed E-state index contributed by atoms with van der Waals surface area (Å²) in [6.45, 7) is 0. The Morgan fingerprint density at radius 3 is 2.27 bits per heavy atom. The van der Waals surface area contributed by atoms with Gasteiger partial charge in [0.15, 0.2) is 0 Å². The fourth-order valence-electron chi connectivity index (χ4n) is 1.38. The minimum absolute atomic E-state index is 0.679. The van der Waals surface area contributed by atoms with E-state index in [4.69, 9.17) is 10.5 Å². The smallest absolute Gasteiger partial charge is 0.244 e. The molecule has 0 unspecified atom stereocenters. The third kappa shape index (κ3) is 1.51. The molecule has 15 heavy (non-hydrogen) atoms. The van der Waals surface area contributed by atoms with Gasteiger partial charge in [0.25, 0.3) is 5.54 Å². The first-order valence-corrected chi connectivity index (χ1v) is 4.47. The van der Waals surface area contributed by atoms with Gasteiger partial charge in [-0.15, -0.1) is 0 Å². The van der Waals surface area contributed by atoms with Crippen molar-refractivity contribution in [1.82, 2.24) is 0 Å². The van der Waals surface area contributed by atoms with Crippen LogP contribution in [0.4, 0.5) is 0 Å². The molecule has 0 amide bonds. The summed E-state index contributed by atoms with van der Waals surface area (Å²) in [5, 5.41) is 17.7. The van der Waals surface area contributed by atoms with E-state index in [2.05, 4.69) is 4.99 Å². The fraction of sp³-hybridized carbons (Fsp3) is 0.0833. The molecule has 1 aliphatic heterocycles. The van der Waals surface area contributed by atoms with Crippen LogP contribution in [0.2, 0.25) is 0 Å². The zero-order valence-electron chi connectivity index (χ0n) is 7.88. The van der Waals surface area contributed by atoms with Gasteiger partial charge in [-0.3, -0.25) is 0 Å². The highest BCUT2D eigenvalue weighted by Gasteiger charge is 2.30. The van der Waals surface area contributed by atoms with Crippen LogP contribution in [0.15, 0.2) is 47.5 Å². The Morgan fingerprint density at radius 1 is 1.07 bits per heavy atom. The van der Waals surface area contributed by atoms with Crippen molar-refractivity contribution in [1.29, 1.82) is 10.5 Å². The van der Waals surface area contributed by atoms with Crippen LogP contribution in [0.5, 0.6) is 0 Å². The maximum absolute atomic E-state index is 8.85. The Labute approximate surface area is 87.6 Å². The SMILES string of the molecule is N#CC1(C#N)C=CC(c2ccccc2)=N1. The highest BCUT2D eigenvalue weighted by Crippen LogP contribution is 2.20. The first-order chi connectivity index (χ1) is 7.29. The van der Waals surface area contributed by atoms with Gasteiger partial charge in [0.2, 0.25) is 0 Å². The Hall–Kier alpha value is -2.39. The van der Waals surface area contributed by atoms with Crippen molar-refractivity contribution < 1.29 is 0 Å². The summed E-state index contributed by atoms with van der Waals surface area (Å²) in [5.41, 5.74) is 0.269. The molecule has 0 N–H and O–H groups in total. The van der Waals surface area contributed by atoms with E-state index in [1.807, 2.05) is 42.5 Å². The minimum atomic E-state index is -1.33. The van der Waals surface area contributed by atoms with Gasteiger partial charge in [0.05, 0.1) is 5.71 Å². The second kappa shape index (κ2) is 3.40. The van der Waals surface area contributed by atoms with Crippen molar-refractivity contribution in [3.8, 4) is 12.1 Å². The molecule has 0 atom stereocenters. The van der Waals surface area contributed by atoms with Crippen LogP contribution < -0.4 is 0 Å². The molecule has 2 rings (SSSR count). The molecule has 1 heterocycles. The second-order valence-corrected chi connectivity index (χ2v) is 3.19. The highest BCUT2D eigenvalue weighted by molar-refractivity contribution is 6.11. The summed E-state index contributed by atoms with van der Waals surface area (Å²) in [7, 11) is 0. The average molecular weight is 193 g/mol. The predicted molar refractivity (Wildman–Crippen MR) is 56.1 cm³/mol. The van der Waals surface area contributed by atoms with Gasteiger partial charge in [-0.2, -0.15) is 10.5 Å². The normalized spacial score (nSPS) is 16.5. The number of hydrogen-bond acceptors (Lipinski definition) is 3. The number of benzene rings is 1. The lowest BCUT2D eigenvalue weighted by atomic mass is 10.1. The van der Waals surface area contributed by atoms with E-state index in [9.17, 15) is 0 Å². The van der Waals surface area contributed by atoms with Crippen molar-refractivity contribution in [2.24, 2.45) is 4.99 Å². The van der Waals surface area contributed by atoms with Gasteiger partial charge >= 0.3 is 0 Å². The molecule has 70 valence electrons. The molecule has 0 bridgehead atoms. The van der Waals surface area contributed by atoms with E-state index in [-0.39, 0.29) is 0 Å². The molecule has 0 fully saturated rings. The molecule has 0 saturated carbocycles. The Kier molecular flexibility index (Phi) is 2.08. The molecule has 0 saturated heterocycles. The van der Waals surface area contributed by atoms with Gasteiger partial charge < -0.3 is 0 Å². The first kappa shape index (κ1) is 9.18. The highest BCUT2D eigenvalue weighted by atomic mass is 14.9. The zero-order valence-corrected chi connectivity index (χ0v) is 7.88. The van der Waals surface area contributed by atoms with Crippen molar-refractivity contribution in [3.05, 3.63) is 48.0 Å². The lowest BCUT2D eigenvalue weighted by Gasteiger charge is -2.02. The molecular formula is C12H7N3. The van der Waals surface area contributed by atoms with E-state index in [1.54, 1.807) is 6.08 Å². The zero-order chi connectivity index (χ0) is 10.7. The van der Waals surface area contributed by atoms with E-state index in [1.165, 1.54) is 6.08 Å². The number of allylic oxidation sites excluding steroid dienone is 1. The molecule has 0 aromatic heterocycles. The first-order valence-electron chi connectivity index (χ1n) is 4.47. The van der Waals surface area contributed by atoms with Crippen molar-refractivity contribution >= 4 is 5.71 Å². The molecule has 3 nitrogen and oxygen atoms in total. The van der Waals surface area contributed by atoms with Crippen LogP contribution in [0.25, 0.3) is 0 Å². The lowest BCUT2D eigenvalue weighted by Crippen LogP contribution is -2.15. The molecule has 0 spiro atoms. The van der Waals surface area contributed by atoms with Crippen LogP contribution in [-0.2, 0) is 0 Å². The van der Waals surface area contributed by atoms with Crippen LogP contribution >= 0.6 is 0 Å². The number of hydrogen-bond donors (Lipinski definition) is 0. The lowest BCUT2D eigenvalue weighted by molar-refractivity contribution is 0.876. The van der Waals surface area contributed by atoms with Crippen molar-refractivity contribution in [2.75, 3.05) is 0 Å². The van der Waals surface area contributed by atoms with Crippen LogP contribution in [0.3, 0.4) is 0 Å². The topological polar surface area (TPSA) is 59.9 Å². The third-order valence-electron chi connectivity index (χ3n) is 2.19. The largest absolute Gasteiger partial charge is 0.251 e. The Morgan fingerprint density at radius 2 is 1.73 bits per heavy atom. The predicted octanol–water partition coefficient (Wildman–Crippen LogP) is 1.83. The molecule has 1 aromatic carbocycles. The third-order valence-corrected chi connectivity index (χ3v) is 2.19. The maximum Gasteiger partial charge on any atom is 0.251 e. The van der Waals surface area contributed by atoms with Gasteiger partial charge in [-0.1, -0.05) is 30.3 Å². The van der Waals surface area contributed by atoms with Gasteiger partial charge in [-0.05, 0) is 17.7 Å². The van der Waals surface area contributed by atoms with Crippen molar-refractivity contribution in [3.63, 3.8) is 0 Å². The van der Waals surface area contributed by atoms with Crippen LogP contribution in [0, 0.1) is 22.7 Å². The average Bonchev–Trinajstić information content (AvgIpc) is 2.75. The molecule has 3 heteroatoms. The summed E-state index contributed by atoms with van der Waals surface area (Å²) in [6, 6.07) is 13.3. The Bertz CT molecular complexity index is 498. The van der Waals surface area contributed by atoms with E-state index < -0.39 is 5.54 Å². The van der Waals surface area contributed by atoms with Crippen LogP contribution in [0.1, 0.15) is 5.56 Å². The maximum atomic E-state index is 8.85. The summed E-state index contributed by atoms with van der Waals surface area (Å²) in [4.78, 5) is 4.11. The molecule has 1 aliphatic rings. The molecular weight excluding hydrogens is 186 g/mol. The second-order valence-electron chi connectivity index (χ2n) is 3.19. The fourth-order valence-corrected chi connectivity index (χ4v) is 1.38. The molecule has 0 radical (unpaired) electrons. The summed E-state index contributed by atoms with van der Waals surface area (Å²) < 4.78 is 0. The van der Waals surface area contributed by atoms with Gasteiger partial charge in [0.1, 0.15) is 12.1 Å². The van der Waals surface area contributed by atoms with Gasteiger partial charge in [0, 0.05) is 0 Å². The molecule has 0 aliphatic carbocycles. The summed E-state index contributed by atoms with van der Waals surface area (Å²) >= 11 is 0. The summed E-state index contributed by atoms with van der Waals surface area (Å²) in [6.07, 6.45) is 3.23. The number of nitrogens with zero attached hydrogens (tertiary/aromatic N) is 3. The Balaban J connectivity index is 2.43. The molecule has 1 aromatic rings. The van der Waals surface area contributed by atoms with E-state index >= 15 is 0 Å².